The molecule has 1 fully saturated rings. The fraction of sp³-hybridized carbons (Fsp3) is 0.389. The minimum atomic E-state index is -3.09. The highest BCUT2D eigenvalue weighted by atomic mass is 28.4. The summed E-state index contributed by atoms with van der Waals surface area (Å²) in [6.45, 7) is 14.0. The largest absolute Gasteiger partial charge is 0.481 e. The lowest BCUT2D eigenvalue weighted by atomic mass is 9.74. The molecule has 1 heterocycles. The fourth-order valence-electron chi connectivity index (χ4n) is 9.40. The maximum atomic E-state index is 12.8. The van der Waals surface area contributed by atoms with Crippen LogP contribution in [0.25, 0.3) is 0 Å². The van der Waals surface area contributed by atoms with E-state index in [1.54, 1.807) is 13.0 Å². The van der Waals surface area contributed by atoms with Gasteiger partial charge in [-0.05, 0) is 58.8 Å². The van der Waals surface area contributed by atoms with Gasteiger partial charge in [0.25, 0.3) is 8.32 Å². The summed E-state index contributed by atoms with van der Waals surface area (Å²) in [5.41, 5.74) is 1.64. The van der Waals surface area contributed by atoms with Crippen LogP contribution in [0.5, 0.6) is 0 Å². The Kier molecular flexibility index (Phi) is 15.2. The van der Waals surface area contributed by atoms with Gasteiger partial charge in [0.15, 0.2) is 5.79 Å². The van der Waals surface area contributed by atoms with Crippen LogP contribution < -0.4 is 10.4 Å². The molecule has 0 radical (unpaired) electrons. The summed E-state index contributed by atoms with van der Waals surface area (Å²) >= 11 is 0. The van der Waals surface area contributed by atoms with Gasteiger partial charge in [0.05, 0.1) is 31.0 Å². The van der Waals surface area contributed by atoms with Crippen LogP contribution >= 0.6 is 0 Å². The molecule has 2 unspecified atom stereocenters. The second kappa shape index (κ2) is 20.0. The van der Waals surface area contributed by atoms with Crippen LogP contribution in [0.3, 0.4) is 0 Å². The average Bonchev–Trinajstić information content (AvgIpc) is 3.29. The molecule has 63 heavy (non-hydrogen) atoms. The third-order valence-electron chi connectivity index (χ3n) is 13.1. The second-order valence-corrected chi connectivity index (χ2v) is 23.0. The first kappa shape index (κ1) is 47.8. The standard InChI is InChI=1S/C54H66O8Si/c1-39(34-44(55)38-60-54(41-24-14-9-15-25-41,42-26-16-10-17-27-42)43-28-18-11-19-29-43)35-48(56)52(6,7)49-36-45(37-53(59-8,61-49)40(2)50(57)58)62-63(51(3,4)5,46-30-20-12-21-31-46)47-32-22-13-23-33-47/h9-33,35,40,44-45,48-49,55-56H,34,36-38H2,1-8H3,(H,57,58)/b39-35+/t40?,44-,45-,48?,49-,53+/m1/s1. The Bertz CT molecular complexity index is 2090. The van der Waals surface area contributed by atoms with E-state index >= 15 is 0 Å². The lowest BCUT2D eigenvalue weighted by Crippen LogP contribution is -2.69. The highest BCUT2D eigenvalue weighted by Crippen LogP contribution is 2.47. The van der Waals surface area contributed by atoms with Gasteiger partial charge in [-0.1, -0.05) is 198 Å². The summed E-state index contributed by atoms with van der Waals surface area (Å²) < 4.78 is 27.5. The maximum absolute atomic E-state index is 12.8. The van der Waals surface area contributed by atoms with Crippen molar-refractivity contribution in [1.29, 1.82) is 0 Å². The molecule has 6 atom stereocenters. The van der Waals surface area contributed by atoms with Crippen molar-refractivity contribution in [1.82, 2.24) is 0 Å². The number of ether oxygens (including phenoxy) is 3. The molecule has 0 spiro atoms. The summed E-state index contributed by atoms with van der Waals surface area (Å²) in [5, 5.41) is 36.1. The van der Waals surface area contributed by atoms with Crippen LogP contribution in [0.2, 0.25) is 5.04 Å². The Hall–Kier alpha value is -4.71. The highest BCUT2D eigenvalue weighted by molar-refractivity contribution is 6.99. The lowest BCUT2D eigenvalue weighted by molar-refractivity contribution is -0.322. The van der Waals surface area contributed by atoms with Crippen molar-refractivity contribution in [3.05, 3.63) is 180 Å². The molecule has 0 bridgehead atoms. The van der Waals surface area contributed by atoms with E-state index < -0.39 is 61.4 Å². The smallest absolute Gasteiger partial charge is 0.311 e. The Morgan fingerprint density at radius 3 is 1.59 bits per heavy atom. The number of carbonyl (C=O) groups is 1. The predicted molar refractivity (Wildman–Crippen MR) is 252 cm³/mol. The zero-order chi connectivity index (χ0) is 45.5. The molecule has 6 rings (SSSR count). The molecule has 8 nitrogen and oxygen atoms in total. The summed E-state index contributed by atoms with van der Waals surface area (Å²) in [6, 6.07) is 50.8. The van der Waals surface area contributed by atoms with Gasteiger partial charge in [0, 0.05) is 18.9 Å². The molecule has 5 aromatic carbocycles. The summed E-state index contributed by atoms with van der Waals surface area (Å²) in [7, 11) is -1.61. The fourth-order valence-corrected chi connectivity index (χ4v) is 14.1. The van der Waals surface area contributed by atoms with Crippen molar-refractivity contribution in [2.45, 2.75) is 109 Å². The maximum Gasteiger partial charge on any atom is 0.311 e. The zero-order valence-electron chi connectivity index (χ0n) is 38.1. The minimum absolute atomic E-state index is 0.0137. The van der Waals surface area contributed by atoms with Gasteiger partial charge < -0.3 is 34.0 Å². The number of methoxy groups -OCH3 is 1. The second-order valence-electron chi connectivity index (χ2n) is 18.8. The molecule has 1 saturated heterocycles. The summed E-state index contributed by atoms with van der Waals surface area (Å²) in [5.74, 6) is -3.65. The molecular weight excluding hydrogens is 805 g/mol. The number of aliphatic hydroxyl groups is 2. The van der Waals surface area contributed by atoms with Crippen molar-refractivity contribution in [2.24, 2.45) is 11.3 Å². The van der Waals surface area contributed by atoms with Crippen molar-refractivity contribution in [3.8, 4) is 0 Å². The van der Waals surface area contributed by atoms with E-state index in [1.165, 1.54) is 7.11 Å². The quantitative estimate of drug-likeness (QED) is 0.0454. The van der Waals surface area contributed by atoms with Crippen LogP contribution in [0.15, 0.2) is 163 Å². The molecule has 0 amide bonds. The first-order valence-corrected chi connectivity index (χ1v) is 24.0. The average molecular weight is 871 g/mol. The van der Waals surface area contributed by atoms with Crippen LogP contribution in [0.1, 0.15) is 84.4 Å². The van der Waals surface area contributed by atoms with E-state index in [0.29, 0.717) is 6.42 Å². The van der Waals surface area contributed by atoms with Crippen LogP contribution in [-0.2, 0) is 29.0 Å². The number of hydrogen-bond donors (Lipinski definition) is 3. The molecule has 0 aliphatic carbocycles. The molecule has 9 heteroatoms. The first-order chi connectivity index (χ1) is 30.0. The van der Waals surface area contributed by atoms with Crippen molar-refractivity contribution < 1.29 is 38.8 Å². The number of carboxylic acids is 1. The van der Waals surface area contributed by atoms with E-state index in [0.717, 1.165) is 32.6 Å². The SMILES string of the molecule is CO[C@@]1(C(C)C(=O)O)C[C@H](O[Si](c2ccccc2)(c2ccccc2)C(C)(C)C)C[C@H](C(C)(C)C(O)/C=C(\C)C[C@@H](O)COC(c2ccccc2)(c2ccccc2)c2ccccc2)O1. The topological polar surface area (TPSA) is 115 Å². The number of aliphatic carboxylic acids is 1. The Balaban J connectivity index is 1.29. The van der Waals surface area contributed by atoms with E-state index in [2.05, 4.69) is 45.0 Å². The number of aliphatic hydroxyl groups excluding tert-OH is 2. The molecule has 3 N–H and O–H groups in total. The third-order valence-corrected chi connectivity index (χ3v) is 18.2. The zero-order valence-corrected chi connectivity index (χ0v) is 39.1. The molecule has 5 aromatic rings. The summed E-state index contributed by atoms with van der Waals surface area (Å²) in [4.78, 5) is 12.8. The van der Waals surface area contributed by atoms with Crippen molar-refractivity contribution in [3.63, 3.8) is 0 Å². The van der Waals surface area contributed by atoms with Crippen LogP contribution in [-0.4, -0.2) is 73.5 Å². The lowest BCUT2D eigenvalue weighted by Gasteiger charge is -2.53. The number of benzene rings is 5. The summed E-state index contributed by atoms with van der Waals surface area (Å²) in [6.07, 6.45) is -0.554. The number of carboxylic acid groups (broad SMARTS) is 1. The van der Waals surface area contributed by atoms with Crippen LogP contribution in [0.4, 0.5) is 0 Å². The van der Waals surface area contributed by atoms with Crippen LogP contribution in [0, 0.1) is 11.3 Å². The molecular formula is C54H66O8Si. The highest BCUT2D eigenvalue weighted by Gasteiger charge is 2.57. The van der Waals surface area contributed by atoms with Gasteiger partial charge in [0.1, 0.15) is 11.5 Å². The normalized spacial score (nSPS) is 20.4. The molecule has 1 aliphatic heterocycles. The molecule has 334 valence electrons. The van der Waals surface area contributed by atoms with Gasteiger partial charge in [0.2, 0.25) is 0 Å². The molecule has 0 aromatic heterocycles. The Morgan fingerprint density at radius 2 is 1.19 bits per heavy atom. The number of hydrogen-bond acceptors (Lipinski definition) is 7. The van der Waals surface area contributed by atoms with E-state index in [4.69, 9.17) is 18.6 Å². The van der Waals surface area contributed by atoms with Gasteiger partial charge in [-0.2, -0.15) is 0 Å². The number of rotatable bonds is 18. The van der Waals surface area contributed by atoms with Gasteiger partial charge in [-0.3, -0.25) is 4.79 Å². The van der Waals surface area contributed by atoms with Gasteiger partial charge in [-0.25, -0.2) is 0 Å². The Morgan fingerprint density at radius 1 is 0.762 bits per heavy atom. The Labute approximate surface area is 375 Å². The van der Waals surface area contributed by atoms with Crippen molar-refractivity contribution >= 4 is 24.7 Å². The molecule has 1 aliphatic rings. The van der Waals surface area contributed by atoms with E-state index in [-0.39, 0.29) is 24.5 Å². The molecule has 0 saturated carbocycles. The van der Waals surface area contributed by atoms with Gasteiger partial charge >= 0.3 is 5.97 Å². The monoisotopic (exact) mass is 870 g/mol. The van der Waals surface area contributed by atoms with Gasteiger partial charge in [-0.15, -0.1) is 0 Å². The first-order valence-electron chi connectivity index (χ1n) is 22.1. The minimum Gasteiger partial charge on any atom is -0.481 e. The van der Waals surface area contributed by atoms with E-state index in [9.17, 15) is 20.1 Å². The predicted octanol–water partition coefficient (Wildman–Crippen LogP) is 9.27. The van der Waals surface area contributed by atoms with E-state index in [1.807, 2.05) is 148 Å². The van der Waals surface area contributed by atoms with Crippen molar-refractivity contribution in [2.75, 3.05) is 13.7 Å². The third kappa shape index (κ3) is 10.0.